The Balaban J connectivity index is 2.16. The minimum absolute atomic E-state index is 0.0143. The smallest absolute Gasteiger partial charge is 0.183 e. The number of ketones is 1. The Bertz CT molecular complexity index is 470. The van der Waals surface area contributed by atoms with Gasteiger partial charge in [0.2, 0.25) is 0 Å². The number of benzene rings is 1. The number of carbonyl (C=O) groups excluding carboxylic acids is 1. The number of nitrogens with one attached hydrogen (secondary N) is 1. The molecule has 2 N–H and O–H groups in total. The molecule has 0 saturated carbocycles. The molecule has 20 heavy (non-hydrogen) atoms. The molecule has 1 aromatic rings. The van der Waals surface area contributed by atoms with Gasteiger partial charge in [-0.1, -0.05) is 0 Å². The van der Waals surface area contributed by atoms with Crippen LogP contribution in [0.3, 0.4) is 0 Å². The monoisotopic (exact) mass is 278 g/mol. The number of phenolic OH excluding ortho intramolecular Hbond substituents is 1. The molecule has 0 aromatic heterocycles. The molecular formula is C15H22N2O3. The van der Waals surface area contributed by atoms with Crippen LogP contribution in [0.1, 0.15) is 24.2 Å². The number of phenols is 1. The number of nitrogens with zero attached hydrogens (tertiary/aromatic N) is 1. The van der Waals surface area contributed by atoms with Crippen LogP contribution in [0.5, 0.6) is 11.5 Å². The van der Waals surface area contributed by atoms with Crippen molar-refractivity contribution in [1.29, 1.82) is 0 Å². The van der Waals surface area contributed by atoms with E-state index in [-0.39, 0.29) is 17.6 Å². The summed E-state index contributed by atoms with van der Waals surface area (Å²) >= 11 is 0. The maximum atomic E-state index is 12.5. The van der Waals surface area contributed by atoms with Gasteiger partial charge in [0.05, 0.1) is 18.2 Å². The fraction of sp³-hybridized carbons (Fsp3) is 0.533. The van der Waals surface area contributed by atoms with Crippen molar-refractivity contribution in [3.8, 4) is 11.5 Å². The lowest BCUT2D eigenvalue weighted by molar-refractivity contribution is 0.0817. The molecule has 1 aromatic carbocycles. The number of aromatic hydroxyl groups is 1. The summed E-state index contributed by atoms with van der Waals surface area (Å²) in [6.45, 7) is 7.78. The van der Waals surface area contributed by atoms with Gasteiger partial charge in [-0.05, 0) is 32.0 Å². The first-order valence-electron chi connectivity index (χ1n) is 7.08. The van der Waals surface area contributed by atoms with Gasteiger partial charge in [0.1, 0.15) is 11.5 Å². The second kappa shape index (κ2) is 6.72. The molecule has 5 nitrogen and oxygen atoms in total. The lowest BCUT2D eigenvalue weighted by Crippen LogP contribution is -2.50. The van der Waals surface area contributed by atoms with Gasteiger partial charge in [-0.3, -0.25) is 9.69 Å². The third-order valence-corrected chi connectivity index (χ3v) is 3.62. The minimum atomic E-state index is -0.236. The zero-order chi connectivity index (χ0) is 14.5. The highest BCUT2D eigenvalue weighted by atomic mass is 16.5. The first kappa shape index (κ1) is 14.8. The van der Waals surface area contributed by atoms with Gasteiger partial charge >= 0.3 is 0 Å². The Labute approximate surface area is 119 Å². The number of carbonyl (C=O) groups is 1. The fourth-order valence-electron chi connectivity index (χ4n) is 2.43. The Hall–Kier alpha value is -1.59. The standard InChI is InChI=1S/C15H22N2O3/c1-3-20-12-4-5-14(18)13(10-12)15(19)11(2)17-8-6-16-7-9-17/h4-5,10-11,16,18H,3,6-9H2,1-2H3. The molecule has 0 amide bonds. The van der Waals surface area contributed by atoms with Crippen molar-refractivity contribution < 1.29 is 14.6 Å². The summed E-state index contributed by atoms with van der Waals surface area (Å²) in [5.74, 6) is 0.563. The van der Waals surface area contributed by atoms with E-state index in [4.69, 9.17) is 4.74 Å². The Morgan fingerprint density at radius 3 is 2.80 bits per heavy atom. The topological polar surface area (TPSA) is 61.8 Å². The molecule has 1 fully saturated rings. The maximum absolute atomic E-state index is 12.5. The summed E-state index contributed by atoms with van der Waals surface area (Å²) in [6.07, 6.45) is 0. The van der Waals surface area contributed by atoms with E-state index in [1.165, 1.54) is 6.07 Å². The summed E-state index contributed by atoms with van der Waals surface area (Å²) in [5, 5.41) is 13.2. The van der Waals surface area contributed by atoms with Gasteiger partial charge < -0.3 is 15.2 Å². The fourth-order valence-corrected chi connectivity index (χ4v) is 2.43. The van der Waals surface area contributed by atoms with Gasteiger partial charge in [0, 0.05) is 26.2 Å². The largest absolute Gasteiger partial charge is 0.507 e. The average Bonchev–Trinajstić information content (AvgIpc) is 2.49. The predicted molar refractivity (Wildman–Crippen MR) is 77.5 cm³/mol. The van der Waals surface area contributed by atoms with Crippen LogP contribution in [0.2, 0.25) is 0 Å². The van der Waals surface area contributed by atoms with Crippen LogP contribution in [0.15, 0.2) is 18.2 Å². The second-order valence-electron chi connectivity index (χ2n) is 4.94. The number of piperazine rings is 1. The number of ether oxygens (including phenoxy) is 1. The molecule has 0 bridgehead atoms. The molecule has 2 rings (SSSR count). The van der Waals surface area contributed by atoms with Crippen molar-refractivity contribution in [2.45, 2.75) is 19.9 Å². The molecule has 1 saturated heterocycles. The quantitative estimate of drug-likeness (QED) is 0.794. The molecule has 5 heteroatoms. The van der Waals surface area contributed by atoms with Crippen molar-refractivity contribution >= 4 is 5.78 Å². The van der Waals surface area contributed by atoms with Crippen LogP contribution in [-0.4, -0.2) is 54.6 Å². The van der Waals surface area contributed by atoms with Gasteiger partial charge in [0.25, 0.3) is 0 Å². The molecule has 0 aliphatic carbocycles. The molecular weight excluding hydrogens is 256 g/mol. The van der Waals surface area contributed by atoms with E-state index in [1.807, 2.05) is 13.8 Å². The number of rotatable bonds is 5. The van der Waals surface area contributed by atoms with Gasteiger partial charge in [0.15, 0.2) is 5.78 Å². The summed E-state index contributed by atoms with van der Waals surface area (Å²) in [7, 11) is 0. The van der Waals surface area contributed by atoms with Crippen LogP contribution >= 0.6 is 0 Å². The van der Waals surface area contributed by atoms with E-state index in [9.17, 15) is 9.90 Å². The van der Waals surface area contributed by atoms with Crippen LogP contribution in [0.4, 0.5) is 0 Å². The summed E-state index contributed by atoms with van der Waals surface area (Å²) < 4.78 is 5.39. The number of hydrogen-bond acceptors (Lipinski definition) is 5. The van der Waals surface area contributed by atoms with E-state index in [0.717, 1.165) is 26.2 Å². The number of hydrogen-bond donors (Lipinski definition) is 2. The van der Waals surface area contributed by atoms with Crippen molar-refractivity contribution in [2.75, 3.05) is 32.8 Å². The third-order valence-electron chi connectivity index (χ3n) is 3.62. The van der Waals surface area contributed by atoms with E-state index in [1.54, 1.807) is 12.1 Å². The molecule has 110 valence electrons. The highest BCUT2D eigenvalue weighted by Gasteiger charge is 2.25. The van der Waals surface area contributed by atoms with E-state index in [2.05, 4.69) is 10.2 Å². The molecule has 1 unspecified atom stereocenters. The molecule has 0 spiro atoms. The van der Waals surface area contributed by atoms with Crippen molar-refractivity contribution in [1.82, 2.24) is 10.2 Å². The minimum Gasteiger partial charge on any atom is -0.507 e. The molecule has 1 atom stereocenters. The molecule has 0 radical (unpaired) electrons. The summed E-state index contributed by atoms with van der Waals surface area (Å²) in [6, 6.07) is 4.58. The molecule has 1 heterocycles. The van der Waals surface area contributed by atoms with Crippen LogP contribution in [0.25, 0.3) is 0 Å². The van der Waals surface area contributed by atoms with Crippen molar-refractivity contribution in [3.05, 3.63) is 23.8 Å². The Morgan fingerprint density at radius 1 is 1.45 bits per heavy atom. The zero-order valence-corrected chi connectivity index (χ0v) is 12.1. The molecule has 1 aliphatic rings. The summed E-state index contributed by atoms with van der Waals surface area (Å²) in [4.78, 5) is 14.7. The molecule has 1 aliphatic heterocycles. The van der Waals surface area contributed by atoms with Gasteiger partial charge in [-0.2, -0.15) is 0 Å². The van der Waals surface area contributed by atoms with E-state index >= 15 is 0 Å². The van der Waals surface area contributed by atoms with Crippen LogP contribution < -0.4 is 10.1 Å². The first-order chi connectivity index (χ1) is 9.63. The zero-order valence-electron chi connectivity index (χ0n) is 12.1. The highest BCUT2D eigenvalue weighted by Crippen LogP contribution is 2.25. The Kier molecular flexibility index (Phi) is 4.98. The second-order valence-corrected chi connectivity index (χ2v) is 4.94. The summed E-state index contributed by atoms with van der Waals surface area (Å²) in [5.41, 5.74) is 0.335. The lowest BCUT2D eigenvalue weighted by Gasteiger charge is -2.32. The van der Waals surface area contributed by atoms with Crippen molar-refractivity contribution in [3.63, 3.8) is 0 Å². The van der Waals surface area contributed by atoms with E-state index in [0.29, 0.717) is 17.9 Å². The third kappa shape index (κ3) is 3.29. The highest BCUT2D eigenvalue weighted by molar-refractivity contribution is 6.02. The van der Waals surface area contributed by atoms with Crippen LogP contribution in [0, 0.1) is 0 Å². The lowest BCUT2D eigenvalue weighted by atomic mass is 10.0. The number of Topliss-reactive ketones (excluding diaryl/α,β-unsaturated/α-hetero) is 1. The van der Waals surface area contributed by atoms with Gasteiger partial charge in [-0.15, -0.1) is 0 Å². The van der Waals surface area contributed by atoms with Gasteiger partial charge in [-0.25, -0.2) is 0 Å². The average molecular weight is 278 g/mol. The predicted octanol–water partition coefficient (Wildman–Crippen LogP) is 1.27. The first-order valence-corrected chi connectivity index (χ1v) is 7.08. The normalized spacial score (nSPS) is 17.7. The van der Waals surface area contributed by atoms with Crippen molar-refractivity contribution in [2.24, 2.45) is 0 Å². The van der Waals surface area contributed by atoms with E-state index < -0.39 is 0 Å². The SMILES string of the molecule is CCOc1ccc(O)c(C(=O)C(C)N2CCNCC2)c1. The van der Waals surface area contributed by atoms with Crippen LogP contribution in [-0.2, 0) is 0 Å². The maximum Gasteiger partial charge on any atom is 0.183 e. The Morgan fingerprint density at radius 2 is 2.15 bits per heavy atom.